The molecule has 2 nitrogen and oxygen atoms in total. The van der Waals surface area contributed by atoms with Gasteiger partial charge >= 0.3 is 0 Å². The van der Waals surface area contributed by atoms with Gasteiger partial charge in [0.25, 0.3) is 0 Å². The highest BCUT2D eigenvalue weighted by molar-refractivity contribution is 9.10. The maximum Gasteiger partial charge on any atom is 0.124 e. The predicted molar refractivity (Wildman–Crippen MR) is 52.8 cm³/mol. The van der Waals surface area contributed by atoms with Crippen LogP contribution in [0.3, 0.4) is 0 Å². The lowest BCUT2D eigenvalue weighted by Gasteiger charge is -1.99. The van der Waals surface area contributed by atoms with Gasteiger partial charge in [-0.1, -0.05) is 22.0 Å². The van der Waals surface area contributed by atoms with Crippen molar-refractivity contribution in [2.24, 2.45) is 0 Å². The second-order valence-electron chi connectivity index (χ2n) is 2.05. The monoisotopic (exact) mass is 278 g/mol. The zero-order valence-corrected chi connectivity index (χ0v) is 9.10. The molecule has 0 saturated heterocycles. The largest absolute Gasteiger partial charge is 0.329 e. The number of alkyl halides is 1. The van der Waals surface area contributed by atoms with Crippen LogP contribution in [0.2, 0.25) is 0 Å². The lowest BCUT2D eigenvalue weighted by Crippen LogP contribution is -1.97. The molecule has 11 heavy (non-hydrogen) atoms. The summed E-state index contributed by atoms with van der Waals surface area (Å²) >= 11 is 6.66. The summed E-state index contributed by atoms with van der Waals surface area (Å²) in [5, 5.41) is 0.770. The van der Waals surface area contributed by atoms with Crippen LogP contribution in [0, 0.1) is 0 Å². The molecule has 0 aliphatic heterocycles. The van der Waals surface area contributed by atoms with E-state index in [1.54, 1.807) is 0 Å². The number of hydrogen-bond acceptors (Lipinski definition) is 1. The van der Waals surface area contributed by atoms with Gasteiger partial charge in [-0.15, -0.1) is 6.58 Å². The maximum atomic E-state index is 4.23. The molecule has 0 spiro atoms. The molecule has 1 aromatic heterocycles. The minimum absolute atomic E-state index is 0.770. The first-order valence-electron chi connectivity index (χ1n) is 3.16. The van der Waals surface area contributed by atoms with Crippen LogP contribution in [0.15, 0.2) is 23.5 Å². The second-order valence-corrected chi connectivity index (χ2v) is 3.43. The summed E-state index contributed by atoms with van der Waals surface area (Å²) in [5.74, 6) is 1.01. The molecule has 0 bridgehead atoms. The third kappa shape index (κ3) is 2.17. The van der Waals surface area contributed by atoms with Crippen LogP contribution in [0.5, 0.6) is 0 Å². The zero-order valence-electron chi connectivity index (χ0n) is 5.93. The highest BCUT2D eigenvalue weighted by atomic mass is 79.9. The van der Waals surface area contributed by atoms with Crippen molar-refractivity contribution in [2.45, 2.75) is 11.9 Å². The van der Waals surface area contributed by atoms with Crippen LogP contribution in [-0.2, 0) is 11.9 Å². The first kappa shape index (κ1) is 9.00. The quantitative estimate of drug-likeness (QED) is 0.615. The summed E-state index contributed by atoms with van der Waals surface area (Å²) < 4.78 is 2.90. The number of allylic oxidation sites excluding steroid dienone is 1. The number of hydrogen-bond donors (Lipinski definition) is 0. The molecule has 0 saturated carbocycles. The minimum Gasteiger partial charge on any atom is -0.329 e. The van der Waals surface area contributed by atoms with Crippen molar-refractivity contribution in [3.8, 4) is 0 Å². The highest BCUT2D eigenvalue weighted by Crippen LogP contribution is 2.12. The fourth-order valence-corrected chi connectivity index (χ4v) is 1.72. The van der Waals surface area contributed by atoms with Crippen molar-refractivity contribution in [1.82, 2.24) is 9.55 Å². The Morgan fingerprint density at radius 2 is 2.45 bits per heavy atom. The van der Waals surface area contributed by atoms with Gasteiger partial charge in [0.1, 0.15) is 10.4 Å². The molecular weight excluding hydrogens is 272 g/mol. The summed E-state index contributed by atoms with van der Waals surface area (Å²) in [5.41, 5.74) is 0. The molecule has 0 atom stereocenters. The van der Waals surface area contributed by atoms with Crippen LogP contribution in [0.4, 0.5) is 0 Å². The van der Waals surface area contributed by atoms with Gasteiger partial charge in [-0.3, -0.25) is 0 Å². The van der Waals surface area contributed by atoms with Crippen LogP contribution < -0.4 is 0 Å². The van der Waals surface area contributed by atoms with Gasteiger partial charge in [-0.05, 0) is 15.9 Å². The fourth-order valence-electron chi connectivity index (χ4n) is 0.823. The second kappa shape index (κ2) is 4.07. The molecule has 0 N–H and O–H groups in total. The lowest BCUT2D eigenvalue weighted by molar-refractivity contribution is 0.778. The van der Waals surface area contributed by atoms with Gasteiger partial charge in [-0.2, -0.15) is 0 Å². The molecule has 0 fully saturated rings. The molecule has 0 amide bonds. The lowest BCUT2D eigenvalue weighted by atomic mass is 10.6. The third-order valence-corrected chi connectivity index (χ3v) is 2.16. The van der Waals surface area contributed by atoms with Gasteiger partial charge < -0.3 is 4.57 Å². The van der Waals surface area contributed by atoms with Gasteiger partial charge in [-0.25, -0.2) is 4.98 Å². The Morgan fingerprint density at radius 1 is 1.73 bits per heavy atom. The van der Waals surface area contributed by atoms with Gasteiger partial charge in [0.15, 0.2) is 0 Å². The normalized spacial score (nSPS) is 10.0. The molecule has 4 heteroatoms. The van der Waals surface area contributed by atoms with Crippen molar-refractivity contribution < 1.29 is 0 Å². The molecule has 0 unspecified atom stereocenters. The summed E-state index contributed by atoms with van der Waals surface area (Å²) in [7, 11) is 0. The van der Waals surface area contributed by atoms with E-state index in [1.807, 2.05) is 16.8 Å². The molecular formula is C7H8Br2N2. The van der Waals surface area contributed by atoms with E-state index in [1.165, 1.54) is 0 Å². The van der Waals surface area contributed by atoms with E-state index < -0.39 is 0 Å². The van der Waals surface area contributed by atoms with Gasteiger partial charge in [0, 0.05) is 12.7 Å². The Bertz CT molecular complexity index is 255. The van der Waals surface area contributed by atoms with Crippen LogP contribution in [0.1, 0.15) is 5.82 Å². The first-order chi connectivity index (χ1) is 5.27. The predicted octanol–water partition coefficient (Wildman–Crippen LogP) is 2.73. The highest BCUT2D eigenvalue weighted by Gasteiger charge is 2.01. The summed E-state index contributed by atoms with van der Waals surface area (Å²) in [6, 6.07) is 0. The van der Waals surface area contributed by atoms with E-state index in [9.17, 15) is 0 Å². The van der Waals surface area contributed by atoms with Crippen molar-refractivity contribution in [3.63, 3.8) is 0 Å². The van der Waals surface area contributed by atoms with E-state index in [0.29, 0.717) is 0 Å². The van der Waals surface area contributed by atoms with Gasteiger partial charge in [0.05, 0.1) is 5.33 Å². The first-order valence-corrected chi connectivity index (χ1v) is 5.07. The smallest absolute Gasteiger partial charge is 0.124 e. The summed E-state index contributed by atoms with van der Waals surface area (Å²) in [4.78, 5) is 4.23. The van der Waals surface area contributed by atoms with Crippen LogP contribution in [0.25, 0.3) is 0 Å². The molecule has 1 heterocycles. The topological polar surface area (TPSA) is 17.8 Å². The Balaban J connectivity index is 2.91. The molecule has 0 aromatic carbocycles. The van der Waals surface area contributed by atoms with Crippen molar-refractivity contribution in [1.29, 1.82) is 0 Å². The van der Waals surface area contributed by atoms with E-state index in [2.05, 4.69) is 43.4 Å². The fraction of sp³-hybridized carbons (Fsp3) is 0.286. The number of imidazole rings is 1. The average Bonchev–Trinajstić information content (AvgIpc) is 2.32. The Hall–Kier alpha value is -0.0900. The average molecular weight is 280 g/mol. The van der Waals surface area contributed by atoms with Crippen molar-refractivity contribution in [2.75, 3.05) is 0 Å². The number of rotatable bonds is 3. The number of aromatic nitrogens is 2. The van der Waals surface area contributed by atoms with E-state index >= 15 is 0 Å². The van der Waals surface area contributed by atoms with Crippen LogP contribution in [-0.4, -0.2) is 9.55 Å². The Morgan fingerprint density at radius 3 is 3.00 bits per heavy atom. The molecule has 0 aliphatic carbocycles. The maximum absolute atomic E-state index is 4.23. The molecule has 1 aromatic rings. The minimum atomic E-state index is 0.770. The summed E-state index contributed by atoms with van der Waals surface area (Å²) in [6.07, 6.45) is 3.79. The van der Waals surface area contributed by atoms with Crippen molar-refractivity contribution in [3.05, 3.63) is 29.3 Å². The Labute approximate surface area is 82.6 Å². The Kier molecular flexibility index (Phi) is 3.33. The standard InChI is InChI=1S/C7H8Br2N2/c1-2-3-11-5-6(9)10-7(11)4-8/h2,5H,1,3-4H2. The van der Waals surface area contributed by atoms with Crippen LogP contribution >= 0.6 is 31.9 Å². The number of halogens is 2. The molecule has 0 aliphatic rings. The zero-order chi connectivity index (χ0) is 8.27. The third-order valence-electron chi connectivity index (χ3n) is 1.28. The van der Waals surface area contributed by atoms with Gasteiger partial charge in [0.2, 0.25) is 0 Å². The van der Waals surface area contributed by atoms with E-state index in [4.69, 9.17) is 0 Å². The number of nitrogens with zero attached hydrogens (tertiary/aromatic N) is 2. The SMILES string of the molecule is C=CCn1cc(Br)nc1CBr. The molecule has 0 radical (unpaired) electrons. The van der Waals surface area contributed by atoms with Crippen molar-refractivity contribution >= 4 is 31.9 Å². The summed E-state index contributed by atoms with van der Waals surface area (Å²) in [6.45, 7) is 4.47. The molecule has 60 valence electrons. The molecule has 1 rings (SSSR count). The van der Waals surface area contributed by atoms with E-state index in [-0.39, 0.29) is 0 Å². The van der Waals surface area contributed by atoms with E-state index in [0.717, 1.165) is 22.3 Å².